The Morgan fingerprint density at radius 1 is 0.920 bits per heavy atom. The second-order valence-electron chi connectivity index (χ2n) is 6.70. The number of hydrogen-bond acceptors (Lipinski definition) is 5. The highest BCUT2D eigenvalue weighted by atomic mass is 16.6. The summed E-state index contributed by atoms with van der Waals surface area (Å²) in [6.07, 6.45) is -0.167. The summed E-state index contributed by atoms with van der Waals surface area (Å²) in [5.41, 5.74) is 1.22. The molecule has 1 aromatic carbocycles. The maximum absolute atomic E-state index is 12.2. The standard InChI is InChI=1S/C19H30N4O2/c1-2-20-8-10-21(11-9-20)16-17-25-19(24)23-14-12-22(13-15-23)18-6-4-3-5-7-18/h3-7H,2,8-17H2,1H3. The van der Waals surface area contributed by atoms with E-state index in [1.54, 1.807) is 0 Å². The van der Waals surface area contributed by atoms with Crippen molar-refractivity contribution >= 4 is 11.8 Å². The van der Waals surface area contributed by atoms with Gasteiger partial charge in [0.25, 0.3) is 0 Å². The van der Waals surface area contributed by atoms with Gasteiger partial charge in [0.05, 0.1) is 0 Å². The lowest BCUT2D eigenvalue weighted by molar-refractivity contribution is 0.0750. The summed E-state index contributed by atoms with van der Waals surface area (Å²) in [6, 6.07) is 10.4. The lowest BCUT2D eigenvalue weighted by atomic mass is 10.2. The number of para-hydroxylation sites is 1. The lowest BCUT2D eigenvalue weighted by Crippen LogP contribution is -2.50. The van der Waals surface area contributed by atoms with E-state index in [2.05, 4.69) is 45.9 Å². The van der Waals surface area contributed by atoms with Crippen LogP contribution in [0.1, 0.15) is 6.92 Å². The zero-order chi connectivity index (χ0) is 17.5. The van der Waals surface area contributed by atoms with Crippen LogP contribution in [0.15, 0.2) is 30.3 Å². The van der Waals surface area contributed by atoms with E-state index >= 15 is 0 Å². The first-order valence-electron chi connectivity index (χ1n) is 9.42. The summed E-state index contributed by atoms with van der Waals surface area (Å²) in [4.78, 5) is 21.2. The fourth-order valence-electron chi connectivity index (χ4n) is 3.47. The number of amides is 1. The van der Waals surface area contributed by atoms with Crippen molar-refractivity contribution in [1.82, 2.24) is 14.7 Å². The summed E-state index contributed by atoms with van der Waals surface area (Å²) in [5, 5.41) is 0. The summed E-state index contributed by atoms with van der Waals surface area (Å²) >= 11 is 0. The molecule has 3 rings (SSSR count). The SMILES string of the molecule is CCN1CCN(CCOC(=O)N2CCN(c3ccccc3)CC2)CC1. The van der Waals surface area contributed by atoms with Crippen LogP contribution in [0.2, 0.25) is 0 Å². The third-order valence-electron chi connectivity index (χ3n) is 5.20. The number of piperazine rings is 2. The van der Waals surface area contributed by atoms with Crippen molar-refractivity contribution in [3.05, 3.63) is 30.3 Å². The smallest absolute Gasteiger partial charge is 0.409 e. The quantitative estimate of drug-likeness (QED) is 0.810. The number of ether oxygens (including phenoxy) is 1. The number of likely N-dealkylation sites (N-methyl/N-ethyl adjacent to an activating group) is 1. The molecule has 2 aliphatic rings. The summed E-state index contributed by atoms with van der Waals surface area (Å²) in [7, 11) is 0. The van der Waals surface area contributed by atoms with Crippen LogP contribution in [-0.4, -0.2) is 92.8 Å². The van der Waals surface area contributed by atoms with Crippen LogP contribution < -0.4 is 4.90 Å². The highest BCUT2D eigenvalue weighted by Gasteiger charge is 2.22. The number of anilines is 1. The van der Waals surface area contributed by atoms with E-state index in [1.807, 2.05) is 11.0 Å². The maximum Gasteiger partial charge on any atom is 0.409 e. The average molecular weight is 346 g/mol. The molecule has 0 atom stereocenters. The molecular formula is C19H30N4O2. The van der Waals surface area contributed by atoms with Crippen LogP contribution in [0.5, 0.6) is 0 Å². The Balaban J connectivity index is 1.33. The molecule has 1 aromatic rings. The van der Waals surface area contributed by atoms with Crippen LogP contribution in [0.3, 0.4) is 0 Å². The molecule has 0 N–H and O–H groups in total. The molecule has 25 heavy (non-hydrogen) atoms. The van der Waals surface area contributed by atoms with Crippen molar-refractivity contribution in [3.63, 3.8) is 0 Å². The zero-order valence-electron chi connectivity index (χ0n) is 15.3. The van der Waals surface area contributed by atoms with E-state index in [0.29, 0.717) is 6.61 Å². The van der Waals surface area contributed by atoms with Crippen molar-refractivity contribution in [3.8, 4) is 0 Å². The van der Waals surface area contributed by atoms with Gasteiger partial charge in [0.1, 0.15) is 6.61 Å². The Morgan fingerprint density at radius 3 is 2.20 bits per heavy atom. The molecule has 0 aliphatic carbocycles. The van der Waals surface area contributed by atoms with Crippen molar-refractivity contribution in [2.24, 2.45) is 0 Å². The average Bonchev–Trinajstić information content (AvgIpc) is 2.69. The topological polar surface area (TPSA) is 39.3 Å². The first-order chi connectivity index (χ1) is 12.3. The van der Waals surface area contributed by atoms with Gasteiger partial charge in [0.15, 0.2) is 0 Å². The maximum atomic E-state index is 12.2. The molecule has 6 heteroatoms. The van der Waals surface area contributed by atoms with Gasteiger partial charge in [-0.15, -0.1) is 0 Å². The number of nitrogens with zero attached hydrogens (tertiary/aromatic N) is 4. The van der Waals surface area contributed by atoms with Crippen molar-refractivity contribution in [1.29, 1.82) is 0 Å². The summed E-state index contributed by atoms with van der Waals surface area (Å²) < 4.78 is 5.49. The normalized spacial score (nSPS) is 19.9. The molecule has 0 aromatic heterocycles. The Kier molecular flexibility index (Phi) is 6.53. The molecule has 1 amide bonds. The first-order valence-corrected chi connectivity index (χ1v) is 9.42. The Labute approximate surface area is 150 Å². The van der Waals surface area contributed by atoms with Crippen LogP contribution in [-0.2, 0) is 4.74 Å². The van der Waals surface area contributed by atoms with Crippen LogP contribution >= 0.6 is 0 Å². The molecule has 2 heterocycles. The third-order valence-corrected chi connectivity index (χ3v) is 5.20. The van der Waals surface area contributed by atoms with E-state index in [1.165, 1.54) is 5.69 Å². The third kappa shape index (κ3) is 5.09. The van der Waals surface area contributed by atoms with Gasteiger partial charge in [-0.3, -0.25) is 4.90 Å². The number of rotatable bonds is 5. The molecular weight excluding hydrogens is 316 g/mol. The molecule has 0 spiro atoms. The van der Waals surface area contributed by atoms with E-state index in [0.717, 1.165) is 65.4 Å². The number of carbonyl (C=O) groups excluding carboxylic acids is 1. The zero-order valence-corrected chi connectivity index (χ0v) is 15.3. The largest absolute Gasteiger partial charge is 0.448 e. The lowest BCUT2D eigenvalue weighted by Gasteiger charge is -2.36. The molecule has 6 nitrogen and oxygen atoms in total. The van der Waals surface area contributed by atoms with Gasteiger partial charge in [-0.2, -0.15) is 0 Å². The molecule has 2 saturated heterocycles. The van der Waals surface area contributed by atoms with Gasteiger partial charge in [-0.25, -0.2) is 4.79 Å². The highest BCUT2D eigenvalue weighted by Crippen LogP contribution is 2.15. The van der Waals surface area contributed by atoms with Gasteiger partial charge in [0.2, 0.25) is 0 Å². The Hall–Kier alpha value is -1.79. The van der Waals surface area contributed by atoms with Gasteiger partial charge >= 0.3 is 6.09 Å². The van der Waals surface area contributed by atoms with Crippen LogP contribution in [0.25, 0.3) is 0 Å². The van der Waals surface area contributed by atoms with Gasteiger partial charge in [-0.1, -0.05) is 25.1 Å². The molecule has 0 unspecified atom stereocenters. The minimum atomic E-state index is -0.167. The summed E-state index contributed by atoms with van der Waals surface area (Å²) in [5.74, 6) is 0. The van der Waals surface area contributed by atoms with Crippen LogP contribution in [0.4, 0.5) is 10.5 Å². The minimum absolute atomic E-state index is 0.167. The fraction of sp³-hybridized carbons (Fsp3) is 0.632. The first kappa shape index (κ1) is 18.0. The molecule has 0 bridgehead atoms. The molecule has 2 aliphatic heterocycles. The van der Waals surface area contributed by atoms with Crippen LogP contribution in [0, 0.1) is 0 Å². The number of benzene rings is 1. The van der Waals surface area contributed by atoms with Crippen molar-refractivity contribution in [2.45, 2.75) is 6.92 Å². The van der Waals surface area contributed by atoms with E-state index in [9.17, 15) is 4.79 Å². The second-order valence-corrected chi connectivity index (χ2v) is 6.70. The Morgan fingerprint density at radius 2 is 1.56 bits per heavy atom. The molecule has 138 valence electrons. The molecule has 2 fully saturated rings. The minimum Gasteiger partial charge on any atom is -0.448 e. The van der Waals surface area contributed by atoms with E-state index in [4.69, 9.17) is 4.74 Å². The van der Waals surface area contributed by atoms with E-state index < -0.39 is 0 Å². The Bertz CT molecular complexity index is 523. The predicted octanol–water partition coefficient (Wildman–Crippen LogP) is 1.58. The predicted molar refractivity (Wildman–Crippen MR) is 100 cm³/mol. The molecule has 0 radical (unpaired) electrons. The number of hydrogen-bond donors (Lipinski definition) is 0. The van der Waals surface area contributed by atoms with E-state index in [-0.39, 0.29) is 6.09 Å². The second kappa shape index (κ2) is 9.06. The fourth-order valence-corrected chi connectivity index (χ4v) is 3.47. The van der Waals surface area contributed by atoms with Gasteiger partial charge in [-0.05, 0) is 18.7 Å². The highest BCUT2D eigenvalue weighted by molar-refractivity contribution is 5.68. The number of carbonyl (C=O) groups is 1. The molecule has 0 saturated carbocycles. The monoisotopic (exact) mass is 346 g/mol. The van der Waals surface area contributed by atoms with Crippen molar-refractivity contribution in [2.75, 3.05) is 77.0 Å². The van der Waals surface area contributed by atoms with Gasteiger partial charge < -0.3 is 19.4 Å². The van der Waals surface area contributed by atoms with Gasteiger partial charge in [0, 0.05) is 64.6 Å². The van der Waals surface area contributed by atoms with Crippen molar-refractivity contribution < 1.29 is 9.53 Å². The summed E-state index contributed by atoms with van der Waals surface area (Å²) in [6.45, 7) is 12.2.